The number of aliphatic hydroxyl groups excluding tert-OH is 1. The highest BCUT2D eigenvalue weighted by atomic mass is 35.5. The SMILES string of the molecule is CC(C)(C)CC1N[C@@H](C(=O)NC2CCC(O)CC2)C(Cc2ccccc2)C12C(=O)Nc1cc(Cl)ccc12. The second kappa shape index (κ2) is 10.0. The zero-order chi connectivity index (χ0) is 26.4. The van der Waals surface area contributed by atoms with Crippen molar-refractivity contribution in [3.63, 3.8) is 0 Å². The van der Waals surface area contributed by atoms with E-state index >= 15 is 0 Å². The Bertz CT molecular complexity index is 1160. The normalized spacial score (nSPS) is 31.3. The molecule has 4 atom stereocenters. The van der Waals surface area contributed by atoms with E-state index in [2.05, 4.69) is 48.9 Å². The van der Waals surface area contributed by atoms with Crippen LogP contribution in [0.4, 0.5) is 5.69 Å². The van der Waals surface area contributed by atoms with Gasteiger partial charge in [-0.05, 0) is 67.2 Å². The molecular formula is C30H38ClN3O3. The Kier molecular flexibility index (Phi) is 7.12. The van der Waals surface area contributed by atoms with Crippen LogP contribution in [-0.2, 0) is 21.4 Å². The number of hydrogen-bond acceptors (Lipinski definition) is 4. The van der Waals surface area contributed by atoms with Crippen molar-refractivity contribution in [2.24, 2.45) is 11.3 Å². The van der Waals surface area contributed by atoms with Crippen LogP contribution in [0.25, 0.3) is 0 Å². The fourth-order valence-electron chi connectivity index (χ4n) is 6.78. The first-order chi connectivity index (χ1) is 17.6. The van der Waals surface area contributed by atoms with Gasteiger partial charge in [-0.3, -0.25) is 9.59 Å². The van der Waals surface area contributed by atoms with Crippen molar-refractivity contribution in [1.29, 1.82) is 0 Å². The van der Waals surface area contributed by atoms with Crippen LogP contribution in [0.5, 0.6) is 0 Å². The molecule has 2 fully saturated rings. The van der Waals surface area contributed by atoms with Gasteiger partial charge in [-0.15, -0.1) is 0 Å². The van der Waals surface area contributed by atoms with Gasteiger partial charge < -0.3 is 21.1 Å². The molecule has 1 saturated heterocycles. The number of carbonyl (C=O) groups is 2. The van der Waals surface area contributed by atoms with Crippen LogP contribution in [0.3, 0.4) is 0 Å². The highest BCUT2D eigenvalue weighted by Crippen LogP contribution is 2.54. The molecule has 1 aliphatic carbocycles. The standard InChI is InChI=1S/C30H38ClN3O3/c1-29(2,3)17-25-30(22-14-9-19(31)16-24(22)33-28(30)37)23(15-18-7-5-4-6-8-18)26(34-25)27(36)32-20-10-12-21(35)13-11-20/h4-9,14,16,20-21,23,25-26,34-35H,10-13,15,17H2,1-3H3,(H,32,36)(H,33,37)/t20?,21?,23?,25?,26-,30?/m1/s1. The fraction of sp³-hybridized carbons (Fsp3) is 0.533. The molecule has 2 aromatic rings. The van der Waals surface area contributed by atoms with Crippen molar-refractivity contribution in [3.05, 3.63) is 64.7 Å². The van der Waals surface area contributed by atoms with Crippen molar-refractivity contribution < 1.29 is 14.7 Å². The lowest BCUT2D eigenvalue weighted by atomic mass is 9.63. The molecular weight excluding hydrogens is 486 g/mol. The monoisotopic (exact) mass is 523 g/mol. The zero-order valence-corrected chi connectivity index (χ0v) is 22.6. The third-order valence-corrected chi connectivity index (χ3v) is 8.64. The molecule has 1 spiro atoms. The number of benzene rings is 2. The Hall–Kier alpha value is -2.41. The highest BCUT2D eigenvalue weighted by molar-refractivity contribution is 6.31. The van der Waals surface area contributed by atoms with E-state index < -0.39 is 11.5 Å². The summed E-state index contributed by atoms with van der Waals surface area (Å²) in [5.74, 6) is -0.421. The summed E-state index contributed by atoms with van der Waals surface area (Å²) in [6, 6.07) is 15.0. The number of halogens is 1. The van der Waals surface area contributed by atoms with Crippen LogP contribution in [-0.4, -0.2) is 41.2 Å². The van der Waals surface area contributed by atoms with Gasteiger partial charge in [0.25, 0.3) is 0 Å². The molecule has 2 aromatic carbocycles. The van der Waals surface area contributed by atoms with Gasteiger partial charge in [-0.25, -0.2) is 0 Å². The summed E-state index contributed by atoms with van der Waals surface area (Å²) in [4.78, 5) is 28.0. The molecule has 7 heteroatoms. The van der Waals surface area contributed by atoms with Gasteiger partial charge in [0, 0.05) is 28.7 Å². The molecule has 2 aliphatic heterocycles. The van der Waals surface area contributed by atoms with Gasteiger partial charge in [0.15, 0.2) is 0 Å². The molecule has 0 bridgehead atoms. The second-order valence-corrected chi connectivity index (χ2v) is 12.7. The molecule has 198 valence electrons. The van der Waals surface area contributed by atoms with E-state index in [1.54, 1.807) is 0 Å². The van der Waals surface area contributed by atoms with Crippen LogP contribution < -0.4 is 16.0 Å². The maximum atomic E-state index is 14.1. The van der Waals surface area contributed by atoms with Crippen LogP contribution in [0.1, 0.15) is 64.0 Å². The summed E-state index contributed by atoms with van der Waals surface area (Å²) < 4.78 is 0. The molecule has 2 heterocycles. The topological polar surface area (TPSA) is 90.5 Å². The van der Waals surface area contributed by atoms with E-state index in [1.807, 2.05) is 36.4 Å². The maximum absolute atomic E-state index is 14.1. The highest BCUT2D eigenvalue weighted by Gasteiger charge is 2.65. The first kappa shape index (κ1) is 26.2. The van der Waals surface area contributed by atoms with Crippen molar-refractivity contribution in [3.8, 4) is 0 Å². The van der Waals surface area contributed by atoms with Crippen LogP contribution >= 0.6 is 11.6 Å². The molecule has 1 saturated carbocycles. The maximum Gasteiger partial charge on any atom is 0.237 e. The number of aliphatic hydroxyl groups is 1. The predicted molar refractivity (Wildman–Crippen MR) is 147 cm³/mol. The van der Waals surface area contributed by atoms with Crippen LogP contribution in [0.15, 0.2) is 48.5 Å². The minimum absolute atomic E-state index is 0.0381. The third-order valence-electron chi connectivity index (χ3n) is 8.41. The summed E-state index contributed by atoms with van der Waals surface area (Å²) in [6.45, 7) is 6.51. The third kappa shape index (κ3) is 5.04. The van der Waals surface area contributed by atoms with E-state index in [9.17, 15) is 14.7 Å². The Morgan fingerprint density at radius 2 is 1.81 bits per heavy atom. The number of carbonyl (C=O) groups excluding carboxylic acids is 2. The molecule has 3 unspecified atom stereocenters. The number of anilines is 1. The van der Waals surface area contributed by atoms with Gasteiger partial charge in [0.1, 0.15) is 0 Å². The van der Waals surface area contributed by atoms with Crippen LogP contribution in [0, 0.1) is 11.3 Å². The largest absolute Gasteiger partial charge is 0.393 e. The summed E-state index contributed by atoms with van der Waals surface area (Å²) in [6.07, 6.45) is 3.96. The van der Waals surface area contributed by atoms with Gasteiger partial charge in [-0.2, -0.15) is 0 Å². The number of fused-ring (bicyclic) bond motifs is 2. The van der Waals surface area contributed by atoms with E-state index in [-0.39, 0.29) is 41.3 Å². The molecule has 4 N–H and O–H groups in total. The smallest absolute Gasteiger partial charge is 0.237 e. The van der Waals surface area contributed by atoms with E-state index in [4.69, 9.17) is 11.6 Å². The average molecular weight is 524 g/mol. The molecule has 0 aromatic heterocycles. The van der Waals surface area contributed by atoms with Crippen molar-refractivity contribution in [2.45, 2.75) is 88.9 Å². The van der Waals surface area contributed by atoms with Crippen LogP contribution in [0.2, 0.25) is 5.02 Å². The lowest BCUT2D eigenvalue weighted by molar-refractivity contribution is -0.126. The number of amides is 2. The van der Waals surface area contributed by atoms with E-state index in [0.29, 0.717) is 24.3 Å². The van der Waals surface area contributed by atoms with Gasteiger partial charge in [0.2, 0.25) is 11.8 Å². The Labute approximate surface area is 224 Å². The van der Waals surface area contributed by atoms with E-state index in [0.717, 1.165) is 36.1 Å². The van der Waals surface area contributed by atoms with Gasteiger partial charge in [0.05, 0.1) is 17.6 Å². The molecule has 3 aliphatic rings. The van der Waals surface area contributed by atoms with Gasteiger partial charge >= 0.3 is 0 Å². The number of rotatable bonds is 5. The molecule has 6 nitrogen and oxygen atoms in total. The van der Waals surface area contributed by atoms with Crippen molar-refractivity contribution in [2.75, 3.05) is 5.32 Å². The summed E-state index contributed by atoms with van der Waals surface area (Å²) in [7, 11) is 0. The molecule has 5 rings (SSSR count). The lowest BCUT2D eigenvalue weighted by Crippen LogP contribution is -2.51. The van der Waals surface area contributed by atoms with Crippen molar-refractivity contribution in [1.82, 2.24) is 10.6 Å². The van der Waals surface area contributed by atoms with Crippen molar-refractivity contribution >= 4 is 29.1 Å². The summed E-state index contributed by atoms with van der Waals surface area (Å²) >= 11 is 6.32. The molecule has 2 amide bonds. The lowest BCUT2D eigenvalue weighted by Gasteiger charge is -2.37. The Morgan fingerprint density at radius 1 is 1.11 bits per heavy atom. The van der Waals surface area contributed by atoms with Gasteiger partial charge in [-0.1, -0.05) is 68.8 Å². The minimum Gasteiger partial charge on any atom is -0.393 e. The number of nitrogens with one attached hydrogen (secondary N) is 3. The molecule has 0 radical (unpaired) electrons. The Balaban J connectivity index is 1.58. The Morgan fingerprint density at radius 3 is 2.49 bits per heavy atom. The second-order valence-electron chi connectivity index (χ2n) is 12.3. The summed E-state index contributed by atoms with van der Waals surface area (Å²) in [5.41, 5.74) is 1.77. The molecule has 37 heavy (non-hydrogen) atoms. The first-order valence-corrected chi connectivity index (χ1v) is 13.9. The minimum atomic E-state index is -0.909. The fourth-order valence-corrected chi connectivity index (χ4v) is 6.95. The van der Waals surface area contributed by atoms with E-state index in [1.165, 1.54) is 0 Å². The average Bonchev–Trinajstić information content (AvgIpc) is 3.30. The number of hydrogen-bond donors (Lipinski definition) is 4. The quantitative estimate of drug-likeness (QED) is 0.461. The first-order valence-electron chi connectivity index (χ1n) is 13.5. The predicted octanol–water partition coefficient (Wildman–Crippen LogP) is 4.59. The zero-order valence-electron chi connectivity index (χ0n) is 21.9. The summed E-state index contributed by atoms with van der Waals surface area (Å²) in [5, 5.41) is 20.6.